The van der Waals surface area contributed by atoms with E-state index in [1.165, 1.54) is 24.3 Å². The van der Waals surface area contributed by atoms with E-state index in [9.17, 15) is 31.5 Å². The van der Waals surface area contributed by atoms with E-state index in [2.05, 4.69) is 26.2 Å². The van der Waals surface area contributed by atoms with Crippen molar-refractivity contribution >= 4 is 43.2 Å². The molecule has 7 nitrogen and oxygen atoms in total. The molecule has 28 heavy (non-hydrogen) atoms. The standard InChI is InChI=1S/C16H11BrF3N3O4S/c17-10-3-1-9(2-4-10)14(24)13(15(25)16(18,19)20)23-22-11-5-7-12(8-6-11)28(21,26)27/h1-8,24H,(H2,21,26,27)/b14-13-,23-22?. The Bertz CT molecular complexity index is 1050. The third kappa shape index (κ3) is 5.47. The minimum absolute atomic E-state index is 0.0662. The number of nitrogens with zero attached hydrogens (tertiary/aromatic N) is 2. The molecular weight excluding hydrogens is 467 g/mol. The molecule has 0 fully saturated rings. The Morgan fingerprint density at radius 2 is 1.57 bits per heavy atom. The van der Waals surface area contributed by atoms with Gasteiger partial charge in [-0.05, 0) is 36.4 Å². The molecule has 0 aliphatic heterocycles. The Morgan fingerprint density at radius 1 is 1.04 bits per heavy atom. The number of carbonyl (C=O) groups is 1. The predicted molar refractivity (Wildman–Crippen MR) is 97.1 cm³/mol. The number of benzene rings is 2. The second kappa shape index (κ2) is 8.20. The predicted octanol–water partition coefficient (Wildman–Crippen LogP) is 4.24. The number of rotatable bonds is 5. The number of sulfonamides is 1. The van der Waals surface area contributed by atoms with Crippen molar-refractivity contribution in [1.29, 1.82) is 0 Å². The van der Waals surface area contributed by atoms with E-state index in [0.717, 1.165) is 24.3 Å². The highest BCUT2D eigenvalue weighted by Gasteiger charge is 2.43. The number of nitrogens with two attached hydrogens (primary N) is 1. The molecule has 0 atom stereocenters. The third-order valence-corrected chi connectivity index (χ3v) is 4.70. The molecule has 2 aromatic carbocycles. The number of aliphatic hydroxyl groups is 1. The zero-order chi connectivity index (χ0) is 21.1. The van der Waals surface area contributed by atoms with Crippen LogP contribution in [-0.2, 0) is 14.8 Å². The number of alkyl halides is 3. The van der Waals surface area contributed by atoms with Crippen molar-refractivity contribution in [1.82, 2.24) is 0 Å². The summed E-state index contributed by atoms with van der Waals surface area (Å²) < 4.78 is 61.6. The first-order valence-electron chi connectivity index (χ1n) is 7.25. The van der Waals surface area contributed by atoms with Crippen LogP contribution in [-0.4, -0.2) is 25.5 Å². The maximum atomic E-state index is 12.9. The Balaban J connectivity index is 2.48. The maximum absolute atomic E-state index is 12.9. The normalized spacial score (nSPS) is 13.5. The highest BCUT2D eigenvalue weighted by atomic mass is 79.9. The summed E-state index contributed by atoms with van der Waals surface area (Å²) in [6, 6.07) is 9.82. The Kier molecular flexibility index (Phi) is 6.37. The summed E-state index contributed by atoms with van der Waals surface area (Å²) in [5, 5.41) is 21.8. The summed E-state index contributed by atoms with van der Waals surface area (Å²) in [4.78, 5) is 11.4. The lowest BCUT2D eigenvalue weighted by Gasteiger charge is -2.08. The van der Waals surface area contributed by atoms with Crippen molar-refractivity contribution in [3.05, 3.63) is 64.3 Å². The number of halogens is 4. The number of carbonyl (C=O) groups excluding carboxylic acids is 1. The summed E-state index contributed by atoms with van der Waals surface area (Å²) in [5.41, 5.74) is -1.46. The Morgan fingerprint density at radius 3 is 2.04 bits per heavy atom. The smallest absolute Gasteiger partial charge is 0.456 e. The highest BCUT2D eigenvalue weighted by Crippen LogP contribution is 2.28. The molecule has 3 N–H and O–H groups in total. The molecule has 148 valence electrons. The van der Waals surface area contributed by atoms with Crippen molar-refractivity contribution in [2.45, 2.75) is 11.1 Å². The largest absolute Gasteiger partial charge is 0.505 e. The van der Waals surface area contributed by atoms with Gasteiger partial charge in [0.25, 0.3) is 5.78 Å². The summed E-state index contributed by atoms with van der Waals surface area (Å²) >= 11 is 3.14. The van der Waals surface area contributed by atoms with Gasteiger partial charge in [0, 0.05) is 10.0 Å². The lowest BCUT2D eigenvalue weighted by Crippen LogP contribution is -2.24. The number of aliphatic hydroxyl groups excluding tert-OH is 1. The van der Waals surface area contributed by atoms with E-state index in [1.807, 2.05) is 0 Å². The van der Waals surface area contributed by atoms with Crippen molar-refractivity contribution in [2.24, 2.45) is 15.4 Å². The number of primary sulfonamides is 1. The molecule has 2 aromatic rings. The molecule has 12 heteroatoms. The van der Waals surface area contributed by atoms with Crippen molar-refractivity contribution in [3.8, 4) is 0 Å². The van der Waals surface area contributed by atoms with Gasteiger partial charge in [0.1, 0.15) is 0 Å². The first-order valence-corrected chi connectivity index (χ1v) is 9.59. The van der Waals surface area contributed by atoms with Crippen molar-refractivity contribution < 1.29 is 31.5 Å². The lowest BCUT2D eigenvalue weighted by molar-refractivity contribution is -0.166. The molecule has 0 aromatic heterocycles. The van der Waals surface area contributed by atoms with Crippen molar-refractivity contribution in [2.75, 3.05) is 0 Å². The number of hydrogen-bond acceptors (Lipinski definition) is 6. The van der Waals surface area contributed by atoms with Gasteiger partial charge in [-0.15, -0.1) is 5.11 Å². The van der Waals surface area contributed by atoms with Gasteiger partial charge in [-0.2, -0.15) is 18.3 Å². The van der Waals surface area contributed by atoms with Gasteiger partial charge in [-0.25, -0.2) is 13.6 Å². The van der Waals surface area contributed by atoms with E-state index in [0.29, 0.717) is 4.47 Å². The van der Waals surface area contributed by atoms with Gasteiger partial charge in [0.15, 0.2) is 11.5 Å². The molecule has 0 aliphatic carbocycles. The fourth-order valence-electron chi connectivity index (χ4n) is 1.89. The zero-order valence-electron chi connectivity index (χ0n) is 13.7. The van der Waals surface area contributed by atoms with Crippen LogP contribution < -0.4 is 5.14 Å². The van der Waals surface area contributed by atoms with E-state index >= 15 is 0 Å². The minimum Gasteiger partial charge on any atom is -0.505 e. The highest BCUT2D eigenvalue weighted by molar-refractivity contribution is 9.10. The molecule has 0 heterocycles. The molecule has 0 spiro atoms. The van der Waals surface area contributed by atoms with Gasteiger partial charge >= 0.3 is 6.18 Å². The molecule has 0 bridgehead atoms. The van der Waals surface area contributed by atoms with Crippen LogP contribution in [0.25, 0.3) is 5.76 Å². The van der Waals surface area contributed by atoms with Crippen LogP contribution >= 0.6 is 15.9 Å². The second-order valence-electron chi connectivity index (χ2n) is 5.27. The van der Waals surface area contributed by atoms with E-state index < -0.39 is 33.4 Å². The summed E-state index contributed by atoms with van der Waals surface area (Å²) in [6.45, 7) is 0. The fourth-order valence-corrected chi connectivity index (χ4v) is 2.67. The fraction of sp³-hybridized carbons (Fsp3) is 0.0625. The topological polar surface area (TPSA) is 122 Å². The quantitative estimate of drug-likeness (QED) is 0.379. The molecule has 2 rings (SSSR count). The van der Waals surface area contributed by atoms with Gasteiger partial charge in [-0.1, -0.05) is 28.1 Å². The van der Waals surface area contributed by atoms with Gasteiger partial charge in [-0.3, -0.25) is 4.79 Å². The van der Waals surface area contributed by atoms with Gasteiger partial charge < -0.3 is 5.11 Å². The van der Waals surface area contributed by atoms with E-state index in [-0.39, 0.29) is 16.1 Å². The van der Waals surface area contributed by atoms with Crippen LogP contribution in [0.2, 0.25) is 0 Å². The van der Waals surface area contributed by atoms with Crippen LogP contribution in [0.4, 0.5) is 18.9 Å². The second-order valence-corrected chi connectivity index (χ2v) is 7.75. The molecule has 0 amide bonds. The Hall–Kier alpha value is -2.57. The van der Waals surface area contributed by atoms with Crippen LogP contribution in [0.1, 0.15) is 5.56 Å². The van der Waals surface area contributed by atoms with E-state index in [4.69, 9.17) is 5.14 Å². The van der Waals surface area contributed by atoms with Crippen LogP contribution in [0.15, 0.2) is 73.8 Å². The maximum Gasteiger partial charge on any atom is 0.456 e. The summed E-state index contributed by atoms with van der Waals surface area (Å²) in [7, 11) is -3.96. The number of azo groups is 1. The molecule has 0 unspecified atom stereocenters. The first kappa shape index (κ1) is 21.7. The van der Waals surface area contributed by atoms with Gasteiger partial charge in [0.05, 0.1) is 10.6 Å². The monoisotopic (exact) mass is 477 g/mol. The zero-order valence-corrected chi connectivity index (χ0v) is 16.1. The SMILES string of the molecule is NS(=O)(=O)c1ccc(N=N/C(C(=O)C(F)(F)F)=C(\O)c2ccc(Br)cc2)cc1. The summed E-state index contributed by atoms with van der Waals surface area (Å²) in [5.74, 6) is -3.41. The van der Waals surface area contributed by atoms with Crippen molar-refractivity contribution in [3.63, 3.8) is 0 Å². The molecule has 0 saturated carbocycles. The molecule has 0 saturated heterocycles. The van der Waals surface area contributed by atoms with Crippen LogP contribution in [0.3, 0.4) is 0 Å². The van der Waals surface area contributed by atoms with Gasteiger partial charge in [0.2, 0.25) is 10.0 Å². The van der Waals surface area contributed by atoms with Crippen LogP contribution in [0.5, 0.6) is 0 Å². The average Bonchev–Trinajstić information content (AvgIpc) is 2.61. The molecule has 0 aliphatic rings. The molecule has 0 radical (unpaired) electrons. The Labute approximate surface area is 165 Å². The lowest BCUT2D eigenvalue weighted by atomic mass is 10.1. The number of ketones is 1. The van der Waals surface area contributed by atoms with E-state index in [1.54, 1.807) is 0 Å². The number of allylic oxidation sites excluding steroid dienone is 1. The minimum atomic E-state index is -5.30. The number of hydrogen-bond donors (Lipinski definition) is 2. The summed E-state index contributed by atoms with van der Waals surface area (Å²) in [6.07, 6.45) is -5.30. The number of Topliss-reactive ketones (excluding diaryl/α,β-unsaturated/α-hetero) is 1. The third-order valence-electron chi connectivity index (χ3n) is 3.25. The first-order chi connectivity index (χ1) is 12.9. The van der Waals surface area contributed by atoms with Crippen LogP contribution in [0, 0.1) is 0 Å². The molecular formula is C16H11BrF3N3O4S. The average molecular weight is 478 g/mol.